The number of rotatable bonds is 2. The highest BCUT2D eigenvalue weighted by molar-refractivity contribution is 7.21. The third-order valence-corrected chi connectivity index (χ3v) is 4.30. The molecule has 3 aromatic rings. The number of thiazole rings is 1. The van der Waals surface area contributed by atoms with Crippen LogP contribution in [0.1, 0.15) is 5.01 Å². The van der Waals surface area contributed by atoms with Crippen molar-refractivity contribution in [2.45, 2.75) is 6.92 Å². The lowest BCUT2D eigenvalue weighted by molar-refractivity contribution is 0.373. The van der Waals surface area contributed by atoms with E-state index in [1.165, 1.54) is 0 Å². The fourth-order valence-corrected chi connectivity index (χ4v) is 3.65. The van der Waals surface area contributed by atoms with Crippen LogP contribution in [0.15, 0.2) is 17.5 Å². The molecule has 0 amide bonds. The predicted octanol–water partition coefficient (Wildman–Crippen LogP) is 3.72. The number of thiophene rings is 1. The molecule has 17 heavy (non-hydrogen) atoms. The van der Waals surface area contributed by atoms with Crippen LogP contribution in [-0.4, -0.2) is 11.6 Å². The van der Waals surface area contributed by atoms with Crippen molar-refractivity contribution in [3.05, 3.63) is 22.5 Å². The standard InChI is InChI=1S/C12H8N2OS2/c1-7-14-11-10(17-7)6-9(15-4-3-13)8-2-5-16-12(8)11/h2,5-6H,4H2,1H3. The topological polar surface area (TPSA) is 45.9 Å². The SMILES string of the molecule is Cc1nc2c(cc(OCC#N)c3ccsc32)s1. The molecule has 1 aromatic carbocycles. The number of aromatic nitrogens is 1. The third-order valence-electron chi connectivity index (χ3n) is 2.46. The van der Waals surface area contributed by atoms with Crippen LogP contribution in [0.2, 0.25) is 0 Å². The average molecular weight is 260 g/mol. The Labute approximate surface area is 106 Å². The highest BCUT2D eigenvalue weighted by atomic mass is 32.1. The smallest absolute Gasteiger partial charge is 0.174 e. The van der Waals surface area contributed by atoms with Gasteiger partial charge in [-0.25, -0.2) is 4.98 Å². The molecule has 0 aliphatic carbocycles. The first kappa shape index (κ1) is 10.5. The molecule has 2 aromatic heterocycles. The molecule has 0 spiro atoms. The molecular formula is C12H8N2OS2. The van der Waals surface area contributed by atoms with Gasteiger partial charge in [0, 0.05) is 11.5 Å². The lowest BCUT2D eigenvalue weighted by Gasteiger charge is -2.03. The first-order chi connectivity index (χ1) is 8.29. The van der Waals surface area contributed by atoms with Crippen molar-refractivity contribution in [1.82, 2.24) is 4.98 Å². The lowest BCUT2D eigenvalue weighted by atomic mass is 10.2. The molecule has 3 nitrogen and oxygen atoms in total. The van der Waals surface area contributed by atoms with E-state index in [4.69, 9.17) is 10.00 Å². The maximum absolute atomic E-state index is 8.59. The van der Waals surface area contributed by atoms with Crippen LogP contribution in [0.3, 0.4) is 0 Å². The van der Waals surface area contributed by atoms with Crippen LogP contribution in [0.4, 0.5) is 0 Å². The van der Waals surface area contributed by atoms with E-state index in [9.17, 15) is 0 Å². The van der Waals surface area contributed by atoms with Crippen molar-refractivity contribution in [3.8, 4) is 11.8 Å². The quantitative estimate of drug-likeness (QED) is 0.705. The van der Waals surface area contributed by atoms with Gasteiger partial charge in [0.25, 0.3) is 0 Å². The lowest BCUT2D eigenvalue weighted by Crippen LogP contribution is -1.93. The number of aryl methyl sites for hydroxylation is 1. The molecule has 0 aliphatic rings. The summed E-state index contributed by atoms with van der Waals surface area (Å²) in [5, 5.41) is 12.7. The summed E-state index contributed by atoms with van der Waals surface area (Å²) >= 11 is 3.31. The van der Waals surface area contributed by atoms with Crippen LogP contribution in [-0.2, 0) is 0 Å². The van der Waals surface area contributed by atoms with Crippen LogP contribution >= 0.6 is 22.7 Å². The largest absolute Gasteiger partial charge is 0.478 e. The highest BCUT2D eigenvalue weighted by Gasteiger charge is 2.12. The average Bonchev–Trinajstić information content (AvgIpc) is 2.90. The monoisotopic (exact) mass is 260 g/mol. The fraction of sp³-hybridized carbons (Fsp3) is 0.167. The number of benzene rings is 1. The maximum Gasteiger partial charge on any atom is 0.174 e. The molecule has 0 saturated heterocycles. The highest BCUT2D eigenvalue weighted by Crippen LogP contribution is 2.38. The van der Waals surface area contributed by atoms with Crippen LogP contribution < -0.4 is 4.74 Å². The Balaban J connectivity index is 2.32. The van der Waals surface area contributed by atoms with Gasteiger partial charge in [0.05, 0.1) is 19.9 Å². The minimum Gasteiger partial charge on any atom is -0.478 e. The minimum absolute atomic E-state index is 0.0776. The Morgan fingerprint density at radius 2 is 2.41 bits per heavy atom. The number of fused-ring (bicyclic) bond motifs is 3. The van der Waals surface area contributed by atoms with Crippen molar-refractivity contribution < 1.29 is 4.74 Å². The molecule has 0 N–H and O–H groups in total. The molecule has 0 atom stereocenters. The van der Waals surface area contributed by atoms with Crippen LogP contribution in [0.5, 0.6) is 5.75 Å². The molecule has 0 unspecified atom stereocenters. The summed E-state index contributed by atoms with van der Waals surface area (Å²) in [4.78, 5) is 4.54. The summed E-state index contributed by atoms with van der Waals surface area (Å²) in [6.07, 6.45) is 0. The summed E-state index contributed by atoms with van der Waals surface area (Å²) in [5.41, 5.74) is 1.04. The first-order valence-corrected chi connectivity index (χ1v) is 6.76. The zero-order valence-corrected chi connectivity index (χ0v) is 10.7. The number of nitrogens with zero attached hydrogens (tertiary/aromatic N) is 2. The molecule has 0 saturated carbocycles. The van der Waals surface area contributed by atoms with Gasteiger partial charge < -0.3 is 4.74 Å². The van der Waals surface area contributed by atoms with E-state index in [1.54, 1.807) is 22.7 Å². The molecule has 0 fully saturated rings. The summed E-state index contributed by atoms with van der Waals surface area (Å²) in [7, 11) is 0. The number of ether oxygens (including phenoxy) is 1. The Hall–Kier alpha value is -1.64. The summed E-state index contributed by atoms with van der Waals surface area (Å²) in [6, 6.07) is 5.99. The van der Waals surface area contributed by atoms with E-state index in [-0.39, 0.29) is 6.61 Å². The van der Waals surface area contributed by atoms with Crippen molar-refractivity contribution in [3.63, 3.8) is 0 Å². The summed E-state index contributed by atoms with van der Waals surface area (Å²) < 4.78 is 7.72. The van der Waals surface area contributed by atoms with E-state index < -0.39 is 0 Å². The van der Waals surface area contributed by atoms with Gasteiger partial charge in [0.2, 0.25) is 0 Å². The van der Waals surface area contributed by atoms with Gasteiger partial charge in [-0.2, -0.15) is 5.26 Å². The molecule has 0 aliphatic heterocycles. The molecular weight excluding hydrogens is 252 g/mol. The first-order valence-electron chi connectivity index (χ1n) is 5.06. The van der Waals surface area contributed by atoms with Gasteiger partial charge in [-0.1, -0.05) is 0 Å². The van der Waals surface area contributed by atoms with Crippen molar-refractivity contribution >= 4 is 43.0 Å². The fourth-order valence-electron chi connectivity index (χ4n) is 1.82. The Morgan fingerprint density at radius 1 is 1.53 bits per heavy atom. The molecule has 3 rings (SSSR count). The second kappa shape index (κ2) is 3.99. The predicted molar refractivity (Wildman–Crippen MR) is 70.8 cm³/mol. The second-order valence-electron chi connectivity index (χ2n) is 3.56. The number of hydrogen-bond donors (Lipinski definition) is 0. The Morgan fingerprint density at radius 3 is 3.24 bits per heavy atom. The van der Waals surface area contributed by atoms with Gasteiger partial charge in [-0.3, -0.25) is 0 Å². The Kier molecular flexibility index (Phi) is 2.46. The van der Waals surface area contributed by atoms with E-state index in [0.29, 0.717) is 0 Å². The number of nitriles is 1. The van der Waals surface area contributed by atoms with Crippen LogP contribution in [0, 0.1) is 18.3 Å². The summed E-state index contributed by atoms with van der Waals surface area (Å²) in [5.74, 6) is 0.777. The van der Waals surface area contributed by atoms with Crippen molar-refractivity contribution in [1.29, 1.82) is 5.26 Å². The molecule has 84 valence electrons. The minimum atomic E-state index is 0.0776. The Bertz CT molecular complexity index is 736. The van der Waals surface area contributed by atoms with E-state index in [2.05, 4.69) is 4.98 Å². The van der Waals surface area contributed by atoms with Gasteiger partial charge in [-0.15, -0.1) is 22.7 Å². The second-order valence-corrected chi connectivity index (χ2v) is 5.72. The van der Waals surface area contributed by atoms with Gasteiger partial charge in [-0.05, 0) is 18.4 Å². The van der Waals surface area contributed by atoms with E-state index in [1.807, 2.05) is 30.5 Å². The van der Waals surface area contributed by atoms with Gasteiger partial charge >= 0.3 is 0 Å². The molecule has 0 bridgehead atoms. The number of hydrogen-bond acceptors (Lipinski definition) is 5. The van der Waals surface area contributed by atoms with E-state index in [0.717, 1.165) is 31.1 Å². The summed E-state index contributed by atoms with van der Waals surface area (Å²) in [6.45, 7) is 2.08. The van der Waals surface area contributed by atoms with Crippen LogP contribution in [0.25, 0.3) is 20.3 Å². The molecule has 2 heterocycles. The third kappa shape index (κ3) is 1.66. The maximum atomic E-state index is 8.59. The van der Waals surface area contributed by atoms with Gasteiger partial charge in [0.1, 0.15) is 11.8 Å². The zero-order valence-electron chi connectivity index (χ0n) is 9.06. The zero-order chi connectivity index (χ0) is 11.8. The van der Waals surface area contributed by atoms with Crippen molar-refractivity contribution in [2.24, 2.45) is 0 Å². The van der Waals surface area contributed by atoms with E-state index >= 15 is 0 Å². The van der Waals surface area contributed by atoms with Crippen molar-refractivity contribution in [2.75, 3.05) is 6.61 Å². The molecule has 5 heteroatoms. The normalized spacial score (nSPS) is 10.8. The van der Waals surface area contributed by atoms with Gasteiger partial charge in [0.15, 0.2) is 6.61 Å². The molecule has 0 radical (unpaired) electrons.